The van der Waals surface area contributed by atoms with Gasteiger partial charge >= 0.3 is 0 Å². The van der Waals surface area contributed by atoms with E-state index in [1.807, 2.05) is 24.4 Å². The summed E-state index contributed by atoms with van der Waals surface area (Å²) < 4.78 is 2.25. The highest BCUT2D eigenvalue weighted by atomic mass is 15.1. The van der Waals surface area contributed by atoms with Gasteiger partial charge in [0.15, 0.2) is 0 Å². The Labute approximate surface area is 132 Å². The zero-order valence-corrected chi connectivity index (χ0v) is 13.1. The first-order valence-electron chi connectivity index (χ1n) is 8.03. The van der Waals surface area contributed by atoms with Crippen molar-refractivity contribution < 1.29 is 0 Å². The fourth-order valence-corrected chi connectivity index (χ4v) is 3.37. The van der Waals surface area contributed by atoms with Crippen molar-refractivity contribution in [3.05, 3.63) is 53.6 Å². The van der Waals surface area contributed by atoms with E-state index in [0.717, 1.165) is 37.3 Å². The van der Waals surface area contributed by atoms with Gasteiger partial charge in [0.25, 0.3) is 0 Å². The van der Waals surface area contributed by atoms with E-state index < -0.39 is 0 Å². The van der Waals surface area contributed by atoms with Crippen LogP contribution in [0.1, 0.15) is 42.6 Å². The van der Waals surface area contributed by atoms with E-state index in [2.05, 4.69) is 39.7 Å². The van der Waals surface area contributed by atoms with Crippen molar-refractivity contribution in [3.63, 3.8) is 0 Å². The van der Waals surface area contributed by atoms with Gasteiger partial charge in [-0.15, -0.1) is 0 Å². The number of piperidine rings is 1. The van der Waals surface area contributed by atoms with Gasteiger partial charge in [-0.25, -0.2) is 4.98 Å². The molecule has 3 rings (SSSR count). The molecule has 1 aromatic heterocycles. The standard InChI is InChI=1S/C18H22N4/c1-2-22-11-9-20-18(22)17-8-5-10-21(14-17)13-16-7-4-3-6-15(16)12-19/h3-4,6-7,9,11,17H,2,5,8,10,13-14H2,1H3/t17-/m0/s1. The van der Waals surface area contributed by atoms with E-state index in [1.165, 1.54) is 18.7 Å². The number of likely N-dealkylation sites (tertiary alicyclic amines) is 1. The lowest BCUT2D eigenvalue weighted by Gasteiger charge is -2.32. The fourth-order valence-electron chi connectivity index (χ4n) is 3.37. The lowest BCUT2D eigenvalue weighted by molar-refractivity contribution is 0.194. The minimum atomic E-state index is 0.498. The summed E-state index contributed by atoms with van der Waals surface area (Å²) in [6.45, 7) is 6.12. The second kappa shape index (κ2) is 6.76. The van der Waals surface area contributed by atoms with Crippen LogP contribution in [-0.4, -0.2) is 27.5 Å². The van der Waals surface area contributed by atoms with Crippen LogP contribution in [0.15, 0.2) is 36.7 Å². The van der Waals surface area contributed by atoms with E-state index in [-0.39, 0.29) is 0 Å². The van der Waals surface area contributed by atoms with Gasteiger partial charge in [0.05, 0.1) is 11.6 Å². The minimum absolute atomic E-state index is 0.498. The Morgan fingerprint density at radius 2 is 2.23 bits per heavy atom. The van der Waals surface area contributed by atoms with Gasteiger partial charge in [0.2, 0.25) is 0 Å². The molecule has 0 amide bonds. The van der Waals surface area contributed by atoms with E-state index >= 15 is 0 Å². The number of hydrogen-bond donors (Lipinski definition) is 0. The van der Waals surface area contributed by atoms with Crippen LogP contribution in [0.4, 0.5) is 0 Å². The number of rotatable bonds is 4. The molecule has 1 fully saturated rings. The summed E-state index contributed by atoms with van der Waals surface area (Å²) in [7, 11) is 0. The molecule has 4 nitrogen and oxygen atoms in total. The number of imidazole rings is 1. The monoisotopic (exact) mass is 294 g/mol. The second-order valence-corrected chi connectivity index (χ2v) is 5.91. The Bertz CT molecular complexity index is 668. The zero-order chi connectivity index (χ0) is 15.4. The third-order valence-electron chi connectivity index (χ3n) is 4.49. The Hall–Kier alpha value is -2.12. The summed E-state index contributed by atoms with van der Waals surface area (Å²) in [5.74, 6) is 1.71. The normalized spacial score (nSPS) is 19.0. The van der Waals surface area contributed by atoms with Crippen molar-refractivity contribution in [3.8, 4) is 6.07 Å². The summed E-state index contributed by atoms with van der Waals surface area (Å²) in [5, 5.41) is 9.24. The predicted molar refractivity (Wildman–Crippen MR) is 86.3 cm³/mol. The summed E-state index contributed by atoms with van der Waals surface area (Å²) in [5.41, 5.74) is 1.92. The van der Waals surface area contributed by atoms with Crippen LogP contribution >= 0.6 is 0 Å². The molecule has 0 radical (unpaired) electrons. The maximum Gasteiger partial charge on any atom is 0.113 e. The number of aryl methyl sites for hydroxylation is 1. The average Bonchev–Trinajstić information content (AvgIpc) is 3.04. The van der Waals surface area contributed by atoms with Gasteiger partial charge in [-0.1, -0.05) is 18.2 Å². The Morgan fingerprint density at radius 1 is 1.36 bits per heavy atom. The summed E-state index contributed by atoms with van der Waals surface area (Å²) >= 11 is 0. The molecule has 0 spiro atoms. The molecule has 1 aliphatic rings. The third-order valence-corrected chi connectivity index (χ3v) is 4.49. The number of benzene rings is 1. The maximum absolute atomic E-state index is 9.24. The molecular weight excluding hydrogens is 272 g/mol. The lowest BCUT2D eigenvalue weighted by atomic mass is 9.96. The van der Waals surface area contributed by atoms with Crippen LogP contribution < -0.4 is 0 Å². The molecule has 0 unspecified atom stereocenters. The number of hydrogen-bond acceptors (Lipinski definition) is 3. The van der Waals surface area contributed by atoms with Gasteiger partial charge in [-0.2, -0.15) is 5.26 Å². The first-order chi connectivity index (χ1) is 10.8. The Kier molecular flexibility index (Phi) is 4.55. The second-order valence-electron chi connectivity index (χ2n) is 5.91. The molecule has 0 bridgehead atoms. The van der Waals surface area contributed by atoms with Crippen molar-refractivity contribution in [2.75, 3.05) is 13.1 Å². The molecule has 22 heavy (non-hydrogen) atoms. The molecule has 2 aromatic rings. The molecule has 0 saturated carbocycles. The molecule has 0 aliphatic carbocycles. The number of aromatic nitrogens is 2. The third kappa shape index (κ3) is 3.05. The van der Waals surface area contributed by atoms with Crippen LogP contribution in [0.25, 0.3) is 0 Å². The molecule has 4 heteroatoms. The molecule has 0 N–H and O–H groups in total. The van der Waals surface area contributed by atoms with Crippen LogP contribution in [0.3, 0.4) is 0 Å². The molecule has 1 atom stereocenters. The molecule has 2 heterocycles. The molecular formula is C18H22N4. The van der Waals surface area contributed by atoms with Crippen LogP contribution in [-0.2, 0) is 13.1 Å². The van der Waals surface area contributed by atoms with E-state index in [1.54, 1.807) is 0 Å². The first kappa shape index (κ1) is 14.8. The van der Waals surface area contributed by atoms with Crippen LogP contribution in [0, 0.1) is 11.3 Å². The van der Waals surface area contributed by atoms with E-state index in [0.29, 0.717) is 5.92 Å². The summed E-state index contributed by atoms with van der Waals surface area (Å²) in [4.78, 5) is 7.03. The summed E-state index contributed by atoms with van der Waals surface area (Å²) in [6, 6.07) is 10.2. The van der Waals surface area contributed by atoms with Gasteiger partial charge in [0, 0.05) is 37.9 Å². The maximum atomic E-state index is 9.24. The first-order valence-corrected chi connectivity index (χ1v) is 8.03. The average molecular weight is 294 g/mol. The van der Waals surface area contributed by atoms with Gasteiger partial charge < -0.3 is 4.57 Å². The van der Waals surface area contributed by atoms with Crippen LogP contribution in [0.5, 0.6) is 0 Å². The molecule has 1 saturated heterocycles. The fraction of sp³-hybridized carbons (Fsp3) is 0.444. The van der Waals surface area contributed by atoms with Crippen molar-refractivity contribution in [2.24, 2.45) is 0 Å². The highest BCUT2D eigenvalue weighted by molar-refractivity contribution is 5.37. The van der Waals surface area contributed by atoms with Crippen LogP contribution in [0.2, 0.25) is 0 Å². The van der Waals surface area contributed by atoms with Gasteiger partial charge in [-0.05, 0) is 37.9 Å². The largest absolute Gasteiger partial charge is 0.335 e. The van der Waals surface area contributed by atoms with Gasteiger partial charge in [0.1, 0.15) is 5.82 Å². The highest BCUT2D eigenvalue weighted by Gasteiger charge is 2.24. The summed E-state index contributed by atoms with van der Waals surface area (Å²) in [6.07, 6.45) is 6.37. The van der Waals surface area contributed by atoms with E-state index in [9.17, 15) is 5.26 Å². The van der Waals surface area contributed by atoms with Crippen molar-refractivity contribution >= 4 is 0 Å². The number of nitriles is 1. The number of nitrogens with zero attached hydrogens (tertiary/aromatic N) is 4. The van der Waals surface area contributed by atoms with E-state index in [4.69, 9.17) is 0 Å². The Morgan fingerprint density at radius 3 is 3.05 bits per heavy atom. The highest BCUT2D eigenvalue weighted by Crippen LogP contribution is 2.27. The van der Waals surface area contributed by atoms with Crippen molar-refractivity contribution in [1.29, 1.82) is 5.26 Å². The lowest BCUT2D eigenvalue weighted by Crippen LogP contribution is -2.35. The smallest absolute Gasteiger partial charge is 0.113 e. The quantitative estimate of drug-likeness (QED) is 0.870. The van der Waals surface area contributed by atoms with Crippen molar-refractivity contribution in [1.82, 2.24) is 14.5 Å². The van der Waals surface area contributed by atoms with Gasteiger partial charge in [-0.3, -0.25) is 4.90 Å². The Balaban J connectivity index is 1.72. The minimum Gasteiger partial charge on any atom is -0.335 e. The molecule has 114 valence electrons. The topological polar surface area (TPSA) is 44.9 Å². The molecule has 1 aliphatic heterocycles. The molecule has 1 aromatic carbocycles. The zero-order valence-electron chi connectivity index (χ0n) is 13.1. The SMILES string of the molecule is CCn1ccnc1[C@H]1CCCN(Cc2ccccc2C#N)C1. The van der Waals surface area contributed by atoms with Crippen molar-refractivity contribution in [2.45, 2.75) is 38.8 Å². The predicted octanol–water partition coefficient (Wildman–Crippen LogP) is 3.15.